The molecule has 0 saturated heterocycles. The van der Waals surface area contributed by atoms with Crippen LogP contribution in [0.15, 0.2) is 51.9 Å². The van der Waals surface area contributed by atoms with Crippen molar-refractivity contribution < 1.29 is 9.90 Å². The standard InChI is InChI=1S/C26H26BrClN2O2S/c1-26(2,3)16-4-10-20-22(13-16)33-25(29-14-15-12-17(27)5-11-21(15)31)23(20)24(32)30-19-8-6-18(28)7-9-19/h5-9,11-12,14,16,31H,4,10,13H2,1-3H3,(H,30,32)/t16-/m1/s1. The van der Waals surface area contributed by atoms with Crippen LogP contribution in [-0.4, -0.2) is 17.2 Å². The molecule has 33 heavy (non-hydrogen) atoms. The molecule has 3 aromatic rings. The predicted molar refractivity (Wildman–Crippen MR) is 142 cm³/mol. The molecule has 1 amide bonds. The van der Waals surface area contributed by atoms with Crippen LogP contribution in [0.4, 0.5) is 10.7 Å². The zero-order chi connectivity index (χ0) is 23.8. The van der Waals surface area contributed by atoms with Crippen molar-refractivity contribution in [3.05, 3.63) is 73.5 Å². The van der Waals surface area contributed by atoms with Crippen LogP contribution < -0.4 is 5.32 Å². The van der Waals surface area contributed by atoms with Crippen molar-refractivity contribution in [2.45, 2.75) is 40.0 Å². The number of benzene rings is 2. The van der Waals surface area contributed by atoms with Gasteiger partial charge in [0.2, 0.25) is 0 Å². The van der Waals surface area contributed by atoms with Gasteiger partial charge < -0.3 is 10.4 Å². The fourth-order valence-electron chi connectivity index (χ4n) is 4.12. The van der Waals surface area contributed by atoms with Crippen molar-refractivity contribution in [2.24, 2.45) is 16.3 Å². The maximum atomic E-state index is 13.4. The Balaban J connectivity index is 1.72. The molecule has 0 bridgehead atoms. The maximum Gasteiger partial charge on any atom is 0.259 e. The Morgan fingerprint density at radius 1 is 1.24 bits per heavy atom. The van der Waals surface area contributed by atoms with Crippen LogP contribution >= 0.6 is 38.9 Å². The third-order valence-corrected chi connectivity index (χ3v) is 8.02. The van der Waals surface area contributed by atoms with Gasteiger partial charge in [0, 0.05) is 31.8 Å². The number of nitrogens with zero attached hydrogens (tertiary/aromatic N) is 1. The van der Waals surface area contributed by atoms with Crippen LogP contribution in [0.3, 0.4) is 0 Å². The average molecular weight is 546 g/mol. The second-order valence-electron chi connectivity index (χ2n) is 9.41. The van der Waals surface area contributed by atoms with Gasteiger partial charge in [0.05, 0.1) is 5.56 Å². The summed E-state index contributed by atoms with van der Waals surface area (Å²) in [6.45, 7) is 6.83. The molecule has 1 atom stereocenters. The van der Waals surface area contributed by atoms with Crippen LogP contribution in [0, 0.1) is 11.3 Å². The molecule has 4 nitrogen and oxygen atoms in total. The van der Waals surface area contributed by atoms with Gasteiger partial charge in [-0.25, -0.2) is 4.99 Å². The number of carbonyl (C=O) groups excluding carboxylic acids is 1. The zero-order valence-electron chi connectivity index (χ0n) is 18.8. The largest absolute Gasteiger partial charge is 0.507 e. The van der Waals surface area contributed by atoms with Crippen LogP contribution in [0.25, 0.3) is 0 Å². The number of aromatic hydroxyl groups is 1. The monoisotopic (exact) mass is 544 g/mol. The van der Waals surface area contributed by atoms with Crippen LogP contribution in [0.2, 0.25) is 5.02 Å². The number of aliphatic imine (C=N–C) groups is 1. The summed E-state index contributed by atoms with van der Waals surface area (Å²) in [4.78, 5) is 19.3. The lowest BCUT2D eigenvalue weighted by Crippen LogP contribution is -2.27. The maximum absolute atomic E-state index is 13.4. The topological polar surface area (TPSA) is 61.7 Å². The van der Waals surface area contributed by atoms with E-state index in [9.17, 15) is 9.90 Å². The molecule has 0 saturated carbocycles. The first-order valence-electron chi connectivity index (χ1n) is 10.9. The lowest BCUT2D eigenvalue weighted by atomic mass is 9.72. The van der Waals surface area contributed by atoms with E-state index < -0.39 is 0 Å². The van der Waals surface area contributed by atoms with Crippen molar-refractivity contribution in [3.8, 4) is 5.75 Å². The Hall–Kier alpha value is -2.15. The minimum atomic E-state index is -0.172. The highest BCUT2D eigenvalue weighted by molar-refractivity contribution is 9.10. The minimum Gasteiger partial charge on any atom is -0.507 e. The van der Waals surface area contributed by atoms with Crippen molar-refractivity contribution in [1.29, 1.82) is 0 Å². The van der Waals surface area contributed by atoms with Gasteiger partial charge in [-0.3, -0.25) is 4.79 Å². The molecule has 7 heteroatoms. The number of phenolic OH excluding ortho intramolecular Hbond substituents is 1. The number of halogens is 2. The number of anilines is 1. The van der Waals surface area contributed by atoms with Gasteiger partial charge >= 0.3 is 0 Å². The van der Waals surface area contributed by atoms with E-state index >= 15 is 0 Å². The predicted octanol–water partition coefficient (Wildman–Crippen LogP) is 8.02. The third-order valence-electron chi connectivity index (χ3n) is 6.11. The molecule has 2 N–H and O–H groups in total. The summed E-state index contributed by atoms with van der Waals surface area (Å²) in [6.07, 6.45) is 4.47. The van der Waals surface area contributed by atoms with Crippen LogP contribution in [0.5, 0.6) is 5.75 Å². The van der Waals surface area contributed by atoms with Crippen LogP contribution in [0.1, 0.15) is 53.6 Å². The first kappa shape index (κ1) is 24.0. The highest BCUT2D eigenvalue weighted by Gasteiger charge is 2.33. The number of phenols is 1. The smallest absolute Gasteiger partial charge is 0.259 e. The van der Waals surface area contributed by atoms with E-state index in [1.54, 1.807) is 60.0 Å². The summed E-state index contributed by atoms with van der Waals surface area (Å²) in [5.41, 5.74) is 3.21. The molecular weight excluding hydrogens is 520 g/mol. The summed E-state index contributed by atoms with van der Waals surface area (Å²) in [5.74, 6) is 0.527. The van der Waals surface area contributed by atoms with Gasteiger partial charge in [0.1, 0.15) is 10.8 Å². The van der Waals surface area contributed by atoms with E-state index in [-0.39, 0.29) is 17.1 Å². The summed E-state index contributed by atoms with van der Waals surface area (Å²) in [5, 5.41) is 14.5. The highest BCUT2D eigenvalue weighted by Crippen LogP contribution is 2.45. The molecule has 4 rings (SSSR count). The molecule has 0 fully saturated rings. The van der Waals surface area contributed by atoms with Gasteiger partial charge in [-0.05, 0) is 78.6 Å². The Kier molecular flexibility index (Phi) is 6.99. The first-order valence-corrected chi connectivity index (χ1v) is 12.8. The van der Waals surface area contributed by atoms with Gasteiger partial charge in [-0.1, -0.05) is 48.3 Å². The van der Waals surface area contributed by atoms with E-state index in [0.29, 0.717) is 32.8 Å². The first-order chi connectivity index (χ1) is 15.6. The molecule has 2 aromatic carbocycles. The van der Waals surface area contributed by atoms with Gasteiger partial charge in [0.15, 0.2) is 0 Å². The van der Waals surface area contributed by atoms with E-state index in [2.05, 4.69) is 47.0 Å². The SMILES string of the molecule is CC(C)(C)[C@@H]1CCc2c(sc(N=Cc3cc(Br)ccc3O)c2C(=O)Nc2ccc(Cl)cc2)C1. The van der Waals surface area contributed by atoms with Crippen molar-refractivity contribution in [1.82, 2.24) is 0 Å². The second kappa shape index (κ2) is 9.61. The van der Waals surface area contributed by atoms with Crippen molar-refractivity contribution in [2.75, 3.05) is 5.32 Å². The molecule has 172 valence electrons. The minimum absolute atomic E-state index is 0.142. The van der Waals surface area contributed by atoms with Gasteiger partial charge in [0.25, 0.3) is 5.91 Å². The number of amides is 1. The van der Waals surface area contributed by atoms with Crippen LogP contribution in [-0.2, 0) is 12.8 Å². The lowest BCUT2D eigenvalue weighted by molar-refractivity contribution is 0.102. The molecule has 0 spiro atoms. The molecule has 0 aliphatic heterocycles. The Bertz CT molecular complexity index is 1210. The number of thiophene rings is 1. The molecule has 1 heterocycles. The number of hydrogen-bond acceptors (Lipinski definition) is 4. The summed E-state index contributed by atoms with van der Waals surface area (Å²) >= 11 is 11.0. The fourth-order valence-corrected chi connectivity index (χ4v) is 5.89. The zero-order valence-corrected chi connectivity index (χ0v) is 21.9. The Morgan fingerprint density at radius 3 is 2.67 bits per heavy atom. The molecule has 1 aromatic heterocycles. The lowest BCUT2D eigenvalue weighted by Gasteiger charge is -2.33. The quantitative estimate of drug-likeness (QED) is 0.326. The number of hydrogen-bond donors (Lipinski definition) is 2. The van der Waals surface area contributed by atoms with Crippen molar-refractivity contribution in [3.63, 3.8) is 0 Å². The summed E-state index contributed by atoms with van der Waals surface area (Å²) < 4.78 is 0.848. The average Bonchev–Trinajstić information content (AvgIpc) is 3.13. The second-order valence-corrected chi connectivity index (χ2v) is 11.8. The van der Waals surface area contributed by atoms with E-state index in [0.717, 1.165) is 29.3 Å². The summed E-state index contributed by atoms with van der Waals surface area (Å²) in [6, 6.07) is 12.3. The van der Waals surface area contributed by atoms with E-state index in [4.69, 9.17) is 11.6 Å². The summed E-state index contributed by atoms with van der Waals surface area (Å²) in [7, 11) is 0. The van der Waals surface area contributed by atoms with E-state index in [1.165, 1.54) is 4.88 Å². The van der Waals surface area contributed by atoms with Crippen molar-refractivity contribution >= 4 is 61.7 Å². The number of fused-ring (bicyclic) bond motifs is 1. The van der Waals surface area contributed by atoms with E-state index in [1.807, 2.05) is 0 Å². The van der Waals surface area contributed by atoms with Gasteiger partial charge in [-0.2, -0.15) is 0 Å². The molecule has 1 aliphatic carbocycles. The third kappa shape index (κ3) is 5.51. The van der Waals surface area contributed by atoms with Gasteiger partial charge in [-0.15, -0.1) is 11.3 Å². The Labute approximate surface area is 211 Å². The molecule has 0 unspecified atom stereocenters. The fraction of sp³-hybridized carbons (Fsp3) is 0.308. The molecule has 1 aliphatic rings. The number of rotatable bonds is 4. The normalized spacial score (nSPS) is 16.1. The number of carbonyl (C=O) groups is 1. The Morgan fingerprint density at radius 2 is 1.97 bits per heavy atom. The molecule has 0 radical (unpaired) electrons. The highest BCUT2D eigenvalue weighted by atomic mass is 79.9. The number of nitrogens with one attached hydrogen (secondary N) is 1. The molecular formula is C26H26BrClN2O2S.